The summed E-state index contributed by atoms with van der Waals surface area (Å²) in [6.45, 7) is 5.81. The van der Waals surface area contributed by atoms with Crippen molar-refractivity contribution in [2.45, 2.75) is 38.5 Å². The van der Waals surface area contributed by atoms with Crippen molar-refractivity contribution in [2.75, 3.05) is 18.4 Å². The third-order valence-corrected chi connectivity index (χ3v) is 8.56. The maximum absolute atomic E-state index is 13.6. The maximum Gasteiger partial charge on any atom is 0.248 e. The Morgan fingerprint density at radius 1 is 1.19 bits per heavy atom. The van der Waals surface area contributed by atoms with Crippen molar-refractivity contribution in [1.82, 2.24) is 9.46 Å². The average molecular weight is 532 g/mol. The Balaban J connectivity index is 1.55. The minimum atomic E-state index is -3.99. The zero-order chi connectivity index (χ0) is 26.0. The predicted molar refractivity (Wildman–Crippen MR) is 138 cm³/mol. The second-order valence-electron chi connectivity index (χ2n) is 8.97. The van der Waals surface area contributed by atoms with Gasteiger partial charge in [-0.2, -0.15) is 4.31 Å². The zero-order valence-corrected chi connectivity index (χ0v) is 21.8. The summed E-state index contributed by atoms with van der Waals surface area (Å²) in [5.74, 6) is -1.35. The number of piperidine rings is 1. The van der Waals surface area contributed by atoms with Crippen LogP contribution in [0.25, 0.3) is 12.2 Å². The van der Waals surface area contributed by atoms with Crippen LogP contribution in [-0.2, 0) is 14.8 Å². The number of aryl methyl sites for hydroxylation is 3. The van der Waals surface area contributed by atoms with Crippen LogP contribution in [-0.4, -0.2) is 36.9 Å². The van der Waals surface area contributed by atoms with Gasteiger partial charge in [0.25, 0.3) is 0 Å². The molecule has 4 rings (SSSR count). The molecule has 36 heavy (non-hydrogen) atoms. The largest absolute Gasteiger partial charge is 0.355 e. The van der Waals surface area contributed by atoms with Gasteiger partial charge in [0.15, 0.2) is 10.7 Å². The molecular formula is C26H27ClFN3O4S. The molecule has 1 aromatic heterocycles. The fraction of sp³-hybridized carbons (Fsp3) is 0.308. The van der Waals surface area contributed by atoms with Crippen LogP contribution in [0.4, 0.5) is 10.1 Å². The molecule has 2 aromatic carbocycles. The van der Waals surface area contributed by atoms with Crippen molar-refractivity contribution < 1.29 is 22.1 Å². The van der Waals surface area contributed by atoms with Crippen LogP contribution in [0.3, 0.4) is 0 Å². The second kappa shape index (κ2) is 10.5. The number of aromatic nitrogens is 1. The van der Waals surface area contributed by atoms with E-state index in [1.807, 2.05) is 32.0 Å². The lowest BCUT2D eigenvalue weighted by molar-refractivity contribution is -0.120. The number of amides is 1. The van der Waals surface area contributed by atoms with Crippen LogP contribution in [0.1, 0.15) is 41.0 Å². The number of hydrogen-bond donors (Lipinski definition) is 1. The molecule has 1 amide bonds. The summed E-state index contributed by atoms with van der Waals surface area (Å²) in [6, 6.07) is 9.69. The van der Waals surface area contributed by atoms with Gasteiger partial charge in [-0.1, -0.05) is 46.6 Å². The second-order valence-corrected chi connectivity index (χ2v) is 11.3. The molecule has 1 unspecified atom stereocenters. The number of anilines is 1. The fourth-order valence-electron chi connectivity index (χ4n) is 4.23. The third-order valence-electron chi connectivity index (χ3n) is 6.22. The molecule has 0 bridgehead atoms. The Morgan fingerprint density at radius 3 is 2.72 bits per heavy atom. The molecule has 190 valence electrons. The Morgan fingerprint density at radius 2 is 1.97 bits per heavy atom. The normalized spacial score (nSPS) is 17.0. The predicted octanol–water partition coefficient (Wildman–Crippen LogP) is 5.60. The summed E-state index contributed by atoms with van der Waals surface area (Å²) >= 11 is 6.02. The quantitative estimate of drug-likeness (QED) is 0.447. The Hall–Kier alpha value is -3.01. The van der Waals surface area contributed by atoms with Crippen molar-refractivity contribution >= 4 is 45.4 Å². The molecule has 0 spiro atoms. The van der Waals surface area contributed by atoms with Crippen LogP contribution >= 0.6 is 11.6 Å². The Kier molecular flexibility index (Phi) is 7.63. The standard InChI is InChI=1S/C26H27ClFN3O4S/c1-16-6-7-17(2)19(13-16)8-11-24-25(18(3)30-35-24)36(33,34)31-12-4-5-20(15-31)26(32)29-23-10-9-21(28)14-22(23)27/h6-11,13-14,20H,4-5,12,15H2,1-3H3,(H,29,32)/b11-8+. The highest BCUT2D eigenvalue weighted by molar-refractivity contribution is 7.89. The number of nitrogens with zero attached hydrogens (tertiary/aromatic N) is 2. The molecule has 1 aliphatic heterocycles. The summed E-state index contributed by atoms with van der Waals surface area (Å²) < 4.78 is 47.3. The number of halogens is 2. The molecule has 0 radical (unpaired) electrons. The number of carbonyl (C=O) groups excluding carboxylic acids is 1. The number of hydrogen-bond acceptors (Lipinski definition) is 5. The van der Waals surface area contributed by atoms with E-state index >= 15 is 0 Å². The van der Waals surface area contributed by atoms with E-state index in [2.05, 4.69) is 10.5 Å². The molecule has 1 saturated heterocycles. The van der Waals surface area contributed by atoms with Gasteiger partial charge < -0.3 is 9.84 Å². The zero-order valence-electron chi connectivity index (χ0n) is 20.2. The maximum atomic E-state index is 13.6. The molecular weight excluding hydrogens is 505 g/mol. The van der Waals surface area contributed by atoms with Crippen molar-refractivity contribution in [3.05, 3.63) is 75.4 Å². The first-order chi connectivity index (χ1) is 17.1. The molecule has 10 heteroatoms. The van der Waals surface area contributed by atoms with Gasteiger partial charge >= 0.3 is 0 Å². The first-order valence-electron chi connectivity index (χ1n) is 11.5. The van der Waals surface area contributed by atoms with Gasteiger partial charge in [-0.15, -0.1) is 0 Å². The van der Waals surface area contributed by atoms with Gasteiger partial charge in [0, 0.05) is 13.1 Å². The summed E-state index contributed by atoms with van der Waals surface area (Å²) in [4.78, 5) is 12.9. The van der Waals surface area contributed by atoms with E-state index in [1.54, 1.807) is 19.1 Å². The molecule has 3 aromatic rings. The fourth-order valence-corrected chi connectivity index (χ4v) is 6.22. The third kappa shape index (κ3) is 5.53. The van der Waals surface area contributed by atoms with Crippen molar-refractivity contribution in [3.8, 4) is 0 Å². The van der Waals surface area contributed by atoms with E-state index < -0.39 is 21.8 Å². The van der Waals surface area contributed by atoms with E-state index in [0.29, 0.717) is 12.8 Å². The molecule has 1 aliphatic rings. The molecule has 7 nitrogen and oxygen atoms in total. The highest BCUT2D eigenvalue weighted by Crippen LogP contribution is 2.30. The van der Waals surface area contributed by atoms with Gasteiger partial charge in [-0.05, 0) is 69.0 Å². The number of benzene rings is 2. The summed E-state index contributed by atoms with van der Waals surface area (Å²) in [6.07, 6.45) is 4.44. The summed E-state index contributed by atoms with van der Waals surface area (Å²) in [5, 5.41) is 6.66. The topological polar surface area (TPSA) is 92.5 Å². The lowest BCUT2D eigenvalue weighted by Crippen LogP contribution is -2.43. The van der Waals surface area contributed by atoms with Crippen LogP contribution in [0.5, 0.6) is 0 Å². The van der Waals surface area contributed by atoms with E-state index in [9.17, 15) is 17.6 Å². The lowest BCUT2D eigenvalue weighted by Gasteiger charge is -2.31. The van der Waals surface area contributed by atoms with Crippen LogP contribution in [0.2, 0.25) is 5.02 Å². The molecule has 1 fully saturated rings. The van der Waals surface area contributed by atoms with E-state index in [-0.39, 0.29) is 46.1 Å². The minimum Gasteiger partial charge on any atom is -0.355 e. The molecule has 0 saturated carbocycles. The first-order valence-corrected chi connectivity index (χ1v) is 13.4. The van der Waals surface area contributed by atoms with Crippen molar-refractivity contribution in [3.63, 3.8) is 0 Å². The molecule has 0 aliphatic carbocycles. The Bertz CT molecular complexity index is 1430. The summed E-state index contributed by atoms with van der Waals surface area (Å²) in [7, 11) is -3.99. The highest BCUT2D eigenvalue weighted by atomic mass is 35.5. The Labute approximate surface area is 215 Å². The number of carbonyl (C=O) groups is 1. The summed E-state index contributed by atoms with van der Waals surface area (Å²) in [5.41, 5.74) is 3.60. The van der Waals surface area contributed by atoms with Crippen molar-refractivity contribution in [2.24, 2.45) is 5.92 Å². The lowest BCUT2D eigenvalue weighted by atomic mass is 9.98. The molecule has 2 heterocycles. The number of rotatable bonds is 6. The van der Waals surface area contributed by atoms with E-state index in [4.69, 9.17) is 16.1 Å². The van der Waals surface area contributed by atoms with Crippen LogP contribution in [0, 0.1) is 32.5 Å². The van der Waals surface area contributed by atoms with Gasteiger partial charge in [0.05, 0.1) is 16.6 Å². The highest BCUT2D eigenvalue weighted by Gasteiger charge is 2.37. The first kappa shape index (κ1) is 26.1. The number of nitrogens with one attached hydrogen (secondary N) is 1. The molecule has 1 atom stereocenters. The monoisotopic (exact) mass is 531 g/mol. The average Bonchev–Trinajstić information content (AvgIpc) is 3.22. The minimum absolute atomic E-state index is 0.00224. The van der Waals surface area contributed by atoms with Gasteiger partial charge in [0.1, 0.15) is 11.5 Å². The number of sulfonamides is 1. The van der Waals surface area contributed by atoms with Gasteiger partial charge in [-0.25, -0.2) is 12.8 Å². The van der Waals surface area contributed by atoms with Crippen molar-refractivity contribution in [1.29, 1.82) is 0 Å². The van der Waals surface area contributed by atoms with Gasteiger partial charge in [0.2, 0.25) is 15.9 Å². The molecule has 1 N–H and O–H groups in total. The van der Waals surface area contributed by atoms with Gasteiger partial charge in [-0.3, -0.25) is 4.79 Å². The van der Waals surface area contributed by atoms with E-state index in [1.165, 1.54) is 16.4 Å². The van der Waals surface area contributed by atoms with Crippen LogP contribution < -0.4 is 5.32 Å². The van der Waals surface area contributed by atoms with Crippen LogP contribution in [0.15, 0.2) is 45.8 Å². The van der Waals surface area contributed by atoms with E-state index in [0.717, 1.165) is 22.8 Å². The SMILES string of the molecule is Cc1ccc(C)c(/C=C/c2onc(C)c2S(=O)(=O)N2CCCC(C(=O)Nc3ccc(F)cc3Cl)C2)c1. The smallest absolute Gasteiger partial charge is 0.248 e.